The number of carbonyl (C=O) groups excluding carboxylic acids is 1. The maximum absolute atomic E-state index is 11.7. The van der Waals surface area contributed by atoms with E-state index in [4.69, 9.17) is 14.3 Å². The molecule has 194 valence electrons. The molecule has 1 aromatic heterocycles. The molecule has 0 N–H and O–H groups in total. The van der Waals surface area contributed by atoms with Gasteiger partial charge in [-0.1, -0.05) is 5.16 Å². The maximum Gasteiger partial charge on any atom is 0.332 e. The van der Waals surface area contributed by atoms with Gasteiger partial charge in [-0.2, -0.15) is 0 Å². The van der Waals surface area contributed by atoms with E-state index in [2.05, 4.69) is 16.6 Å². The molecular weight excluding hydrogens is 474 g/mol. The summed E-state index contributed by atoms with van der Waals surface area (Å²) in [6.45, 7) is 8.48. The molecule has 1 unspecified atom stereocenters. The lowest BCUT2D eigenvalue weighted by Gasteiger charge is -2.20. The van der Waals surface area contributed by atoms with Crippen LogP contribution in [0.4, 0.5) is 5.69 Å². The average molecular weight is 506 g/mol. The Hall–Kier alpha value is -3.98. The molecule has 0 amide bonds. The number of methoxy groups -OCH3 is 1. The quantitative estimate of drug-likeness (QED) is 0.162. The standard InChI is InChI=1S/C28H31N3O6/c1-6-30-26-11-7-20(14-24(26)25-15-21(31(33)34)8-12-27(25)30)28(29-37-19(4)32)23-10-9-22(13-17(23)2)36-18(3)16-35-5/h8-10,12-15,18H,6-7,11,16H2,1-5H3/b29-28-. The number of non-ortho nitro benzene ring substituents is 1. The van der Waals surface area contributed by atoms with Gasteiger partial charge in [0.05, 0.1) is 11.5 Å². The monoisotopic (exact) mass is 505 g/mol. The fraction of sp³-hybridized carbons (Fsp3) is 0.357. The zero-order chi connectivity index (χ0) is 26.7. The molecular formula is C28H31N3O6. The van der Waals surface area contributed by atoms with E-state index in [0.29, 0.717) is 24.5 Å². The van der Waals surface area contributed by atoms with Crippen molar-refractivity contribution < 1.29 is 24.0 Å². The number of nitro benzene ring substituents is 1. The highest BCUT2D eigenvalue weighted by Crippen LogP contribution is 2.37. The number of aryl methyl sites for hydroxylation is 2. The normalized spacial score (nSPS) is 14.2. The highest BCUT2D eigenvalue weighted by molar-refractivity contribution is 6.17. The number of ether oxygens (including phenoxy) is 2. The number of carbonyl (C=O) groups is 1. The average Bonchev–Trinajstić information content (AvgIpc) is 3.17. The van der Waals surface area contributed by atoms with Crippen molar-refractivity contribution in [2.45, 2.75) is 53.2 Å². The molecule has 0 aliphatic heterocycles. The lowest BCUT2D eigenvalue weighted by atomic mass is 9.89. The minimum atomic E-state index is -0.515. The van der Waals surface area contributed by atoms with E-state index < -0.39 is 5.97 Å². The van der Waals surface area contributed by atoms with Crippen molar-refractivity contribution in [3.05, 3.63) is 74.5 Å². The van der Waals surface area contributed by atoms with E-state index in [1.165, 1.54) is 6.92 Å². The highest BCUT2D eigenvalue weighted by atomic mass is 16.7. The third kappa shape index (κ3) is 5.41. The molecule has 1 heterocycles. The lowest BCUT2D eigenvalue weighted by molar-refractivity contribution is -0.384. The van der Waals surface area contributed by atoms with E-state index in [1.807, 2.05) is 44.2 Å². The Bertz CT molecular complexity index is 1420. The zero-order valence-corrected chi connectivity index (χ0v) is 21.7. The van der Waals surface area contributed by atoms with Gasteiger partial charge in [-0.15, -0.1) is 0 Å². The van der Waals surface area contributed by atoms with Crippen LogP contribution in [0.25, 0.3) is 17.0 Å². The van der Waals surface area contributed by atoms with Crippen molar-refractivity contribution in [2.75, 3.05) is 13.7 Å². The first kappa shape index (κ1) is 26.1. The Labute approximate surface area is 215 Å². The molecule has 1 aliphatic carbocycles. The summed E-state index contributed by atoms with van der Waals surface area (Å²) >= 11 is 0. The van der Waals surface area contributed by atoms with Crippen molar-refractivity contribution in [3.8, 4) is 5.75 Å². The molecule has 1 atom stereocenters. The van der Waals surface area contributed by atoms with Crippen molar-refractivity contribution in [2.24, 2.45) is 5.16 Å². The number of benzene rings is 2. The number of hydrogen-bond acceptors (Lipinski definition) is 7. The SMILES string of the molecule is CCn1c2c(c3cc([N+](=O)[O-])ccc31)C=C(/C(=N/OC(C)=O)c1ccc(OC(C)COC)cc1C)CC2. The van der Waals surface area contributed by atoms with Crippen molar-refractivity contribution in [1.29, 1.82) is 0 Å². The summed E-state index contributed by atoms with van der Waals surface area (Å²) in [6.07, 6.45) is 3.31. The van der Waals surface area contributed by atoms with Gasteiger partial charge in [-0.3, -0.25) is 10.1 Å². The van der Waals surface area contributed by atoms with Gasteiger partial charge < -0.3 is 18.9 Å². The Morgan fingerprint density at radius 1 is 1.22 bits per heavy atom. The van der Waals surface area contributed by atoms with Crippen LogP contribution in [-0.4, -0.2) is 41.0 Å². The lowest BCUT2D eigenvalue weighted by Crippen LogP contribution is -2.18. The van der Waals surface area contributed by atoms with Crippen molar-refractivity contribution >= 4 is 34.3 Å². The summed E-state index contributed by atoms with van der Waals surface area (Å²) in [4.78, 5) is 27.8. The maximum atomic E-state index is 11.7. The van der Waals surface area contributed by atoms with Crippen LogP contribution < -0.4 is 4.74 Å². The molecule has 4 rings (SSSR count). The van der Waals surface area contributed by atoms with Crippen LogP contribution in [0, 0.1) is 17.0 Å². The van der Waals surface area contributed by atoms with Gasteiger partial charge in [-0.25, -0.2) is 4.79 Å². The predicted molar refractivity (Wildman–Crippen MR) is 142 cm³/mol. The van der Waals surface area contributed by atoms with E-state index in [9.17, 15) is 14.9 Å². The van der Waals surface area contributed by atoms with Crippen LogP contribution in [0.2, 0.25) is 0 Å². The van der Waals surface area contributed by atoms with E-state index in [-0.39, 0.29) is 16.7 Å². The van der Waals surface area contributed by atoms with E-state index in [1.54, 1.807) is 19.2 Å². The van der Waals surface area contributed by atoms with Crippen molar-refractivity contribution in [3.63, 3.8) is 0 Å². The molecule has 0 fully saturated rings. The van der Waals surface area contributed by atoms with Gasteiger partial charge in [0, 0.05) is 60.4 Å². The van der Waals surface area contributed by atoms with Gasteiger partial charge in [0.1, 0.15) is 17.6 Å². The summed E-state index contributed by atoms with van der Waals surface area (Å²) in [5.41, 5.74) is 6.23. The summed E-state index contributed by atoms with van der Waals surface area (Å²) < 4.78 is 13.3. The number of nitro groups is 1. The largest absolute Gasteiger partial charge is 0.488 e. The summed E-state index contributed by atoms with van der Waals surface area (Å²) in [7, 11) is 1.63. The van der Waals surface area contributed by atoms with Crippen molar-refractivity contribution in [1.82, 2.24) is 4.57 Å². The Kier molecular flexibility index (Phi) is 7.73. The molecule has 9 heteroatoms. The number of aromatic nitrogens is 1. The molecule has 3 aromatic rings. The first-order chi connectivity index (χ1) is 17.7. The molecule has 37 heavy (non-hydrogen) atoms. The first-order valence-electron chi connectivity index (χ1n) is 12.3. The highest BCUT2D eigenvalue weighted by Gasteiger charge is 2.25. The van der Waals surface area contributed by atoms with E-state index in [0.717, 1.165) is 51.8 Å². The summed E-state index contributed by atoms with van der Waals surface area (Å²) in [5, 5.41) is 16.5. The number of allylic oxidation sites excluding steroid dienone is 1. The third-order valence-electron chi connectivity index (χ3n) is 6.44. The van der Waals surface area contributed by atoms with Gasteiger partial charge >= 0.3 is 5.97 Å². The Morgan fingerprint density at radius 2 is 2.00 bits per heavy atom. The Balaban J connectivity index is 1.81. The molecule has 9 nitrogen and oxygen atoms in total. The van der Waals surface area contributed by atoms with Crippen LogP contribution in [0.3, 0.4) is 0 Å². The van der Waals surface area contributed by atoms with Crippen LogP contribution in [0.1, 0.15) is 49.6 Å². The fourth-order valence-corrected chi connectivity index (χ4v) is 4.88. The van der Waals surface area contributed by atoms with Crippen LogP contribution in [0.5, 0.6) is 5.75 Å². The zero-order valence-electron chi connectivity index (χ0n) is 21.7. The molecule has 0 saturated heterocycles. The summed E-state index contributed by atoms with van der Waals surface area (Å²) in [5.74, 6) is 0.190. The van der Waals surface area contributed by atoms with Gasteiger partial charge in [-0.05, 0) is 75.1 Å². The van der Waals surface area contributed by atoms with Gasteiger partial charge in [0.15, 0.2) is 0 Å². The third-order valence-corrected chi connectivity index (χ3v) is 6.44. The van der Waals surface area contributed by atoms with Crippen LogP contribution in [-0.2, 0) is 27.3 Å². The Morgan fingerprint density at radius 3 is 2.65 bits per heavy atom. The fourth-order valence-electron chi connectivity index (χ4n) is 4.88. The summed E-state index contributed by atoms with van der Waals surface area (Å²) in [6, 6.07) is 10.7. The molecule has 0 saturated carbocycles. The molecule has 0 bridgehead atoms. The molecule has 2 aromatic carbocycles. The minimum absolute atomic E-state index is 0.0482. The second-order valence-electron chi connectivity index (χ2n) is 9.12. The molecule has 0 radical (unpaired) electrons. The van der Waals surface area contributed by atoms with E-state index >= 15 is 0 Å². The topological polar surface area (TPSA) is 105 Å². The van der Waals surface area contributed by atoms with Crippen LogP contribution >= 0.6 is 0 Å². The number of nitrogens with zero attached hydrogens (tertiary/aromatic N) is 3. The van der Waals surface area contributed by atoms with Gasteiger partial charge in [0.25, 0.3) is 5.69 Å². The second kappa shape index (κ2) is 11.0. The minimum Gasteiger partial charge on any atom is -0.488 e. The predicted octanol–water partition coefficient (Wildman–Crippen LogP) is 5.59. The van der Waals surface area contributed by atoms with Crippen LogP contribution in [0.15, 0.2) is 47.1 Å². The second-order valence-corrected chi connectivity index (χ2v) is 9.12. The number of oxime groups is 1. The molecule has 0 spiro atoms. The molecule has 1 aliphatic rings. The smallest absolute Gasteiger partial charge is 0.332 e. The number of rotatable bonds is 9. The number of fused-ring (bicyclic) bond motifs is 3. The number of hydrogen-bond donors (Lipinski definition) is 0. The first-order valence-corrected chi connectivity index (χ1v) is 12.3. The van der Waals surface area contributed by atoms with Gasteiger partial charge in [0.2, 0.25) is 0 Å².